The standard InChI is InChI=1S/C16H17ClFN3/c17-16-10-13(6-7-19-16)20-14-4-2-8-21(11-14)15-5-1-3-12(18)9-15/h1,3,5-7,9-10,14H,2,4,8,11H2,(H,19,20)/t14-/m1/s1. The zero-order valence-corrected chi connectivity index (χ0v) is 12.4. The summed E-state index contributed by atoms with van der Waals surface area (Å²) in [5.41, 5.74) is 1.91. The number of nitrogens with zero attached hydrogens (tertiary/aromatic N) is 2. The van der Waals surface area contributed by atoms with Gasteiger partial charge in [-0.3, -0.25) is 0 Å². The van der Waals surface area contributed by atoms with Crippen molar-refractivity contribution in [1.82, 2.24) is 4.98 Å². The summed E-state index contributed by atoms with van der Waals surface area (Å²) in [4.78, 5) is 6.19. The molecule has 0 saturated carbocycles. The molecule has 1 aromatic carbocycles. The summed E-state index contributed by atoms with van der Waals surface area (Å²) in [6.07, 6.45) is 3.86. The Bertz CT molecular complexity index is 620. The fourth-order valence-electron chi connectivity index (χ4n) is 2.73. The second-order valence-corrected chi connectivity index (χ2v) is 5.66. The number of rotatable bonds is 3. The lowest BCUT2D eigenvalue weighted by atomic mass is 10.0. The van der Waals surface area contributed by atoms with Crippen LogP contribution in [0.2, 0.25) is 5.15 Å². The second kappa shape index (κ2) is 6.31. The first-order valence-electron chi connectivity index (χ1n) is 7.09. The van der Waals surface area contributed by atoms with Crippen molar-refractivity contribution < 1.29 is 4.39 Å². The van der Waals surface area contributed by atoms with E-state index in [2.05, 4.69) is 15.2 Å². The summed E-state index contributed by atoms with van der Waals surface area (Å²) < 4.78 is 13.3. The van der Waals surface area contributed by atoms with Crippen LogP contribution in [0.1, 0.15) is 12.8 Å². The zero-order chi connectivity index (χ0) is 14.7. The van der Waals surface area contributed by atoms with Gasteiger partial charge in [0.25, 0.3) is 0 Å². The van der Waals surface area contributed by atoms with Crippen molar-refractivity contribution in [3.63, 3.8) is 0 Å². The Morgan fingerprint density at radius 2 is 2.19 bits per heavy atom. The Kier molecular flexibility index (Phi) is 4.25. The van der Waals surface area contributed by atoms with E-state index in [1.54, 1.807) is 18.3 Å². The lowest BCUT2D eigenvalue weighted by molar-refractivity contribution is 0.528. The molecule has 1 atom stereocenters. The maximum Gasteiger partial charge on any atom is 0.131 e. The fourth-order valence-corrected chi connectivity index (χ4v) is 2.90. The molecule has 0 bridgehead atoms. The molecule has 0 aliphatic carbocycles. The van der Waals surface area contributed by atoms with Gasteiger partial charge in [0, 0.05) is 36.7 Å². The first kappa shape index (κ1) is 14.1. The number of benzene rings is 1. The van der Waals surface area contributed by atoms with Crippen LogP contribution in [-0.2, 0) is 0 Å². The molecule has 0 unspecified atom stereocenters. The van der Waals surface area contributed by atoms with Gasteiger partial charge >= 0.3 is 0 Å². The predicted molar refractivity (Wildman–Crippen MR) is 84.5 cm³/mol. The summed E-state index contributed by atoms with van der Waals surface area (Å²) in [6.45, 7) is 1.81. The third kappa shape index (κ3) is 3.64. The highest BCUT2D eigenvalue weighted by atomic mass is 35.5. The maximum absolute atomic E-state index is 13.3. The van der Waals surface area contributed by atoms with E-state index < -0.39 is 0 Å². The predicted octanol–water partition coefficient (Wildman–Crippen LogP) is 3.96. The molecule has 110 valence electrons. The molecule has 1 fully saturated rings. The van der Waals surface area contributed by atoms with E-state index in [9.17, 15) is 4.39 Å². The van der Waals surface area contributed by atoms with Gasteiger partial charge in [0.05, 0.1) is 0 Å². The minimum Gasteiger partial charge on any atom is -0.380 e. The van der Waals surface area contributed by atoms with Crippen molar-refractivity contribution >= 4 is 23.0 Å². The minimum absolute atomic E-state index is 0.191. The van der Waals surface area contributed by atoms with Gasteiger partial charge < -0.3 is 10.2 Å². The number of nitrogens with one attached hydrogen (secondary N) is 1. The Labute approximate surface area is 128 Å². The average Bonchev–Trinajstić information content (AvgIpc) is 2.47. The molecule has 2 heterocycles. The van der Waals surface area contributed by atoms with Gasteiger partial charge in [-0.05, 0) is 43.2 Å². The highest BCUT2D eigenvalue weighted by molar-refractivity contribution is 6.29. The van der Waals surface area contributed by atoms with Gasteiger partial charge in [-0.15, -0.1) is 0 Å². The van der Waals surface area contributed by atoms with Crippen molar-refractivity contribution in [2.75, 3.05) is 23.3 Å². The van der Waals surface area contributed by atoms with Crippen molar-refractivity contribution in [3.05, 3.63) is 53.6 Å². The van der Waals surface area contributed by atoms with Gasteiger partial charge in [0.15, 0.2) is 0 Å². The smallest absolute Gasteiger partial charge is 0.131 e. The number of pyridine rings is 1. The molecule has 1 saturated heterocycles. The molecule has 1 aromatic heterocycles. The van der Waals surface area contributed by atoms with Crippen molar-refractivity contribution in [2.45, 2.75) is 18.9 Å². The average molecular weight is 306 g/mol. The van der Waals surface area contributed by atoms with Crippen LogP contribution >= 0.6 is 11.6 Å². The molecule has 1 aliphatic rings. The summed E-state index contributed by atoms with van der Waals surface area (Å²) in [7, 11) is 0. The molecule has 3 nitrogen and oxygen atoms in total. The van der Waals surface area contributed by atoms with Gasteiger partial charge in [-0.25, -0.2) is 9.37 Å². The molecule has 3 rings (SSSR count). The van der Waals surface area contributed by atoms with Gasteiger partial charge in [0.1, 0.15) is 11.0 Å². The SMILES string of the molecule is Fc1cccc(N2CCC[C@@H](Nc3ccnc(Cl)c3)C2)c1. The number of anilines is 2. The first-order valence-corrected chi connectivity index (χ1v) is 7.47. The molecule has 1 aliphatic heterocycles. The van der Waals surface area contributed by atoms with Crippen molar-refractivity contribution in [2.24, 2.45) is 0 Å². The molecule has 5 heteroatoms. The Morgan fingerprint density at radius 1 is 1.29 bits per heavy atom. The highest BCUT2D eigenvalue weighted by Crippen LogP contribution is 2.23. The van der Waals surface area contributed by atoms with Crippen LogP contribution in [0.5, 0.6) is 0 Å². The number of hydrogen-bond donors (Lipinski definition) is 1. The number of piperidine rings is 1. The molecule has 21 heavy (non-hydrogen) atoms. The molecule has 1 N–H and O–H groups in total. The third-order valence-electron chi connectivity index (χ3n) is 3.69. The van der Waals surface area contributed by atoms with Crippen LogP contribution in [0, 0.1) is 5.82 Å². The third-order valence-corrected chi connectivity index (χ3v) is 3.90. The van der Waals surface area contributed by atoms with Crippen molar-refractivity contribution in [1.29, 1.82) is 0 Å². The van der Waals surface area contributed by atoms with Crippen molar-refractivity contribution in [3.8, 4) is 0 Å². The van der Waals surface area contributed by atoms with Crippen LogP contribution in [0.15, 0.2) is 42.6 Å². The fraction of sp³-hybridized carbons (Fsp3) is 0.312. The van der Waals surface area contributed by atoms with Crippen LogP contribution in [-0.4, -0.2) is 24.1 Å². The Hall–Kier alpha value is -1.81. The van der Waals surface area contributed by atoms with E-state index in [0.717, 1.165) is 37.3 Å². The normalized spacial score (nSPS) is 18.6. The quantitative estimate of drug-likeness (QED) is 0.870. The maximum atomic E-state index is 13.3. The van der Waals surface area contributed by atoms with E-state index in [4.69, 9.17) is 11.6 Å². The molecule has 0 radical (unpaired) electrons. The second-order valence-electron chi connectivity index (χ2n) is 5.28. The molecular weight excluding hydrogens is 289 g/mol. The topological polar surface area (TPSA) is 28.2 Å². The van der Waals surface area contributed by atoms with Gasteiger partial charge in [-0.2, -0.15) is 0 Å². The number of hydrogen-bond acceptors (Lipinski definition) is 3. The van der Waals surface area contributed by atoms with Crippen LogP contribution < -0.4 is 10.2 Å². The van der Waals surface area contributed by atoms with E-state index in [1.807, 2.05) is 18.2 Å². The monoisotopic (exact) mass is 305 g/mol. The first-order chi connectivity index (χ1) is 10.2. The van der Waals surface area contributed by atoms with Crippen LogP contribution in [0.3, 0.4) is 0 Å². The largest absolute Gasteiger partial charge is 0.380 e. The molecule has 2 aromatic rings. The molecule has 0 amide bonds. The molecular formula is C16H17ClFN3. The summed E-state index contributed by atoms with van der Waals surface area (Å²) in [6, 6.07) is 10.8. The highest BCUT2D eigenvalue weighted by Gasteiger charge is 2.20. The zero-order valence-electron chi connectivity index (χ0n) is 11.6. The van der Waals surface area contributed by atoms with E-state index >= 15 is 0 Å². The van der Waals surface area contributed by atoms with E-state index in [0.29, 0.717) is 11.2 Å². The summed E-state index contributed by atoms with van der Waals surface area (Å²) in [5.74, 6) is -0.191. The van der Waals surface area contributed by atoms with Crippen LogP contribution in [0.4, 0.5) is 15.8 Å². The lowest BCUT2D eigenvalue weighted by Crippen LogP contribution is -2.42. The van der Waals surface area contributed by atoms with E-state index in [-0.39, 0.29) is 5.82 Å². The lowest BCUT2D eigenvalue weighted by Gasteiger charge is -2.35. The van der Waals surface area contributed by atoms with Gasteiger partial charge in [-0.1, -0.05) is 17.7 Å². The summed E-state index contributed by atoms with van der Waals surface area (Å²) in [5, 5.41) is 3.96. The van der Waals surface area contributed by atoms with Crippen LogP contribution in [0.25, 0.3) is 0 Å². The van der Waals surface area contributed by atoms with Gasteiger partial charge in [0.2, 0.25) is 0 Å². The molecule has 0 spiro atoms. The number of halogens is 2. The number of aromatic nitrogens is 1. The minimum atomic E-state index is -0.191. The summed E-state index contributed by atoms with van der Waals surface area (Å²) >= 11 is 5.90. The van der Waals surface area contributed by atoms with E-state index in [1.165, 1.54) is 6.07 Å². The Balaban J connectivity index is 1.68. The Morgan fingerprint density at radius 3 is 3.00 bits per heavy atom.